The van der Waals surface area contributed by atoms with E-state index in [4.69, 9.17) is 5.73 Å². The smallest absolute Gasteiger partial charge is 0.0702 e. The second kappa shape index (κ2) is 3.09. The summed E-state index contributed by atoms with van der Waals surface area (Å²) in [5, 5.41) is 0. The van der Waals surface area contributed by atoms with Crippen LogP contribution in [-0.4, -0.2) is 0 Å². The van der Waals surface area contributed by atoms with E-state index in [-0.39, 0.29) is 0 Å². The maximum absolute atomic E-state index is 5.92. The van der Waals surface area contributed by atoms with Crippen molar-refractivity contribution in [3.8, 4) is 0 Å². The maximum Gasteiger partial charge on any atom is 0.0702 e. The first-order chi connectivity index (χ1) is 5.06. The highest BCUT2D eigenvalue weighted by Crippen LogP contribution is 2.29. The SMILES string of the molecule is C=C[C@](C)(N)c1ccc(Br)s1. The third-order valence-corrected chi connectivity index (χ3v) is 3.41. The summed E-state index contributed by atoms with van der Waals surface area (Å²) in [5.74, 6) is 0. The molecule has 0 spiro atoms. The first-order valence-electron chi connectivity index (χ1n) is 3.24. The molecule has 1 nitrogen and oxygen atoms in total. The predicted molar refractivity (Wildman–Crippen MR) is 53.8 cm³/mol. The molecule has 60 valence electrons. The standard InChI is InChI=1S/C8H10BrNS/c1-3-8(2,10)6-4-5-7(9)11-6/h3-5H,1,10H2,2H3/t8-/m0/s1. The van der Waals surface area contributed by atoms with Crippen molar-refractivity contribution < 1.29 is 0 Å². The monoisotopic (exact) mass is 231 g/mol. The Morgan fingerprint density at radius 1 is 1.73 bits per heavy atom. The van der Waals surface area contributed by atoms with E-state index in [2.05, 4.69) is 22.5 Å². The second-order valence-electron chi connectivity index (χ2n) is 2.59. The molecule has 0 aromatic carbocycles. The van der Waals surface area contributed by atoms with Crippen LogP contribution in [0.25, 0.3) is 0 Å². The predicted octanol–water partition coefficient (Wildman–Crippen LogP) is 2.87. The van der Waals surface area contributed by atoms with Gasteiger partial charge in [0.25, 0.3) is 0 Å². The fourth-order valence-electron chi connectivity index (χ4n) is 0.704. The molecule has 1 aromatic heterocycles. The van der Waals surface area contributed by atoms with Crippen LogP contribution in [0.3, 0.4) is 0 Å². The van der Waals surface area contributed by atoms with E-state index in [0.717, 1.165) is 8.66 Å². The minimum Gasteiger partial charge on any atom is -0.318 e. The molecule has 0 aliphatic carbocycles. The van der Waals surface area contributed by atoms with Crippen LogP contribution in [0.4, 0.5) is 0 Å². The molecule has 0 aliphatic heterocycles. The van der Waals surface area contributed by atoms with Crippen molar-refractivity contribution in [2.45, 2.75) is 12.5 Å². The lowest BCUT2D eigenvalue weighted by atomic mass is 10.0. The summed E-state index contributed by atoms with van der Waals surface area (Å²) in [6.07, 6.45) is 1.76. The first kappa shape index (κ1) is 8.97. The molecule has 0 radical (unpaired) electrons. The van der Waals surface area contributed by atoms with Gasteiger partial charge in [-0.25, -0.2) is 0 Å². The van der Waals surface area contributed by atoms with Gasteiger partial charge in [0.2, 0.25) is 0 Å². The van der Waals surface area contributed by atoms with Gasteiger partial charge >= 0.3 is 0 Å². The molecule has 11 heavy (non-hydrogen) atoms. The molecule has 0 saturated heterocycles. The minimum atomic E-state index is -0.392. The van der Waals surface area contributed by atoms with Crippen LogP contribution < -0.4 is 5.73 Å². The van der Waals surface area contributed by atoms with Gasteiger partial charge in [-0.15, -0.1) is 17.9 Å². The average Bonchev–Trinajstić information content (AvgIpc) is 2.36. The number of hydrogen-bond acceptors (Lipinski definition) is 2. The van der Waals surface area contributed by atoms with Gasteiger partial charge < -0.3 is 5.73 Å². The van der Waals surface area contributed by atoms with Crippen molar-refractivity contribution >= 4 is 27.3 Å². The highest BCUT2D eigenvalue weighted by Gasteiger charge is 2.17. The molecule has 0 fully saturated rings. The highest BCUT2D eigenvalue weighted by atomic mass is 79.9. The van der Waals surface area contributed by atoms with Crippen molar-refractivity contribution in [2.75, 3.05) is 0 Å². The molecule has 3 heteroatoms. The summed E-state index contributed by atoms with van der Waals surface area (Å²) in [4.78, 5) is 1.12. The quantitative estimate of drug-likeness (QED) is 0.779. The van der Waals surface area contributed by atoms with Gasteiger partial charge in [-0.3, -0.25) is 0 Å². The zero-order chi connectivity index (χ0) is 8.48. The van der Waals surface area contributed by atoms with E-state index in [1.54, 1.807) is 17.4 Å². The van der Waals surface area contributed by atoms with Crippen LogP contribution >= 0.6 is 27.3 Å². The Bertz CT molecular complexity index is 265. The van der Waals surface area contributed by atoms with Gasteiger partial charge in [-0.1, -0.05) is 6.08 Å². The average molecular weight is 232 g/mol. The van der Waals surface area contributed by atoms with Crippen molar-refractivity contribution in [1.82, 2.24) is 0 Å². The molecule has 0 bridgehead atoms. The summed E-state index contributed by atoms with van der Waals surface area (Å²) < 4.78 is 1.10. The summed E-state index contributed by atoms with van der Waals surface area (Å²) >= 11 is 5.02. The van der Waals surface area contributed by atoms with E-state index < -0.39 is 5.54 Å². The molecule has 1 aromatic rings. The van der Waals surface area contributed by atoms with Crippen molar-refractivity contribution in [3.63, 3.8) is 0 Å². The minimum absolute atomic E-state index is 0.392. The number of rotatable bonds is 2. The number of hydrogen-bond donors (Lipinski definition) is 1. The Hall–Kier alpha value is -0.120. The van der Waals surface area contributed by atoms with E-state index in [9.17, 15) is 0 Å². The topological polar surface area (TPSA) is 26.0 Å². The van der Waals surface area contributed by atoms with Crippen molar-refractivity contribution in [1.29, 1.82) is 0 Å². The van der Waals surface area contributed by atoms with Gasteiger partial charge in [-0.05, 0) is 35.0 Å². The molecule has 0 unspecified atom stereocenters. The second-order valence-corrected chi connectivity index (χ2v) is 5.05. The third-order valence-electron chi connectivity index (χ3n) is 1.53. The summed E-state index contributed by atoms with van der Waals surface area (Å²) in [5.41, 5.74) is 5.53. The normalized spacial score (nSPS) is 15.9. The lowest BCUT2D eigenvalue weighted by Crippen LogP contribution is -2.28. The zero-order valence-corrected chi connectivity index (χ0v) is 8.71. The zero-order valence-electron chi connectivity index (χ0n) is 6.30. The molecule has 0 amide bonds. The number of halogens is 1. The van der Waals surface area contributed by atoms with Gasteiger partial charge in [0, 0.05) is 4.88 Å². The molecule has 1 heterocycles. The van der Waals surface area contributed by atoms with Gasteiger partial charge in [0.15, 0.2) is 0 Å². The fourth-order valence-corrected chi connectivity index (χ4v) is 2.15. The Morgan fingerprint density at radius 2 is 2.36 bits per heavy atom. The molecule has 1 atom stereocenters. The van der Waals surface area contributed by atoms with Gasteiger partial charge in [0.05, 0.1) is 9.33 Å². The molecular formula is C8H10BrNS. The van der Waals surface area contributed by atoms with Crippen molar-refractivity contribution in [2.24, 2.45) is 5.73 Å². The largest absolute Gasteiger partial charge is 0.318 e. The maximum atomic E-state index is 5.92. The fraction of sp³-hybridized carbons (Fsp3) is 0.250. The number of thiophene rings is 1. The summed E-state index contributed by atoms with van der Waals surface area (Å²) in [6, 6.07) is 4.00. The van der Waals surface area contributed by atoms with E-state index >= 15 is 0 Å². The van der Waals surface area contributed by atoms with Crippen LogP contribution in [0, 0.1) is 0 Å². The first-order valence-corrected chi connectivity index (χ1v) is 4.85. The van der Waals surface area contributed by atoms with E-state index in [1.165, 1.54) is 0 Å². The van der Waals surface area contributed by atoms with E-state index in [1.807, 2.05) is 19.1 Å². The summed E-state index contributed by atoms with van der Waals surface area (Å²) in [6.45, 7) is 5.63. The lowest BCUT2D eigenvalue weighted by molar-refractivity contribution is 0.646. The van der Waals surface area contributed by atoms with Crippen LogP contribution in [0.15, 0.2) is 28.6 Å². The molecule has 0 saturated carbocycles. The Labute approximate surface area is 79.0 Å². The summed E-state index contributed by atoms with van der Waals surface area (Å²) in [7, 11) is 0. The van der Waals surface area contributed by atoms with Crippen LogP contribution in [0.5, 0.6) is 0 Å². The molecule has 2 N–H and O–H groups in total. The number of nitrogens with two attached hydrogens (primary N) is 1. The van der Waals surface area contributed by atoms with Gasteiger partial charge in [-0.2, -0.15) is 0 Å². The Kier molecular flexibility index (Phi) is 2.52. The highest BCUT2D eigenvalue weighted by molar-refractivity contribution is 9.11. The molecule has 0 aliphatic rings. The third kappa shape index (κ3) is 1.92. The Balaban J connectivity index is 3.01. The van der Waals surface area contributed by atoms with Gasteiger partial charge in [0.1, 0.15) is 0 Å². The molecular weight excluding hydrogens is 222 g/mol. The Morgan fingerprint density at radius 3 is 2.73 bits per heavy atom. The van der Waals surface area contributed by atoms with Crippen LogP contribution in [-0.2, 0) is 5.54 Å². The molecule has 1 rings (SSSR count). The lowest BCUT2D eigenvalue weighted by Gasteiger charge is -2.16. The van der Waals surface area contributed by atoms with E-state index in [0.29, 0.717) is 0 Å². The van der Waals surface area contributed by atoms with Crippen LogP contribution in [0.2, 0.25) is 0 Å². The van der Waals surface area contributed by atoms with Crippen molar-refractivity contribution in [3.05, 3.63) is 33.5 Å². The van der Waals surface area contributed by atoms with Crippen LogP contribution in [0.1, 0.15) is 11.8 Å².